The highest BCUT2D eigenvalue weighted by atomic mass is 19.2. The summed E-state index contributed by atoms with van der Waals surface area (Å²) in [5.41, 5.74) is 3.34. The molecule has 2 aromatic carbocycles. The summed E-state index contributed by atoms with van der Waals surface area (Å²) in [6.07, 6.45) is 5.02. The topological polar surface area (TPSA) is 52.0 Å². The Hall–Kier alpha value is -3.32. The van der Waals surface area contributed by atoms with Crippen molar-refractivity contribution in [2.24, 2.45) is 0 Å². The molecular formula is C24H22F2N4O. The molecule has 0 saturated carbocycles. The van der Waals surface area contributed by atoms with Crippen LogP contribution in [0, 0.1) is 18.6 Å². The zero-order valence-corrected chi connectivity index (χ0v) is 17.1. The van der Waals surface area contributed by atoms with Gasteiger partial charge in [-0.1, -0.05) is 24.3 Å². The number of fused-ring (bicyclic) bond motifs is 1. The van der Waals surface area contributed by atoms with Crippen molar-refractivity contribution in [2.75, 3.05) is 18.5 Å². The van der Waals surface area contributed by atoms with Crippen molar-refractivity contribution in [3.8, 4) is 16.8 Å². The lowest BCUT2D eigenvalue weighted by Gasteiger charge is -2.24. The third kappa shape index (κ3) is 3.65. The number of nitrogens with one attached hydrogen (secondary N) is 1. The second kappa shape index (κ2) is 8.07. The molecule has 0 bridgehead atoms. The van der Waals surface area contributed by atoms with Gasteiger partial charge in [-0.25, -0.2) is 18.7 Å². The Kier molecular flexibility index (Phi) is 5.11. The highest BCUT2D eigenvalue weighted by Gasteiger charge is 2.23. The number of aromatic nitrogens is 3. The molecule has 0 aliphatic carbocycles. The molecule has 0 atom stereocenters. The van der Waals surface area contributed by atoms with E-state index in [4.69, 9.17) is 4.74 Å². The van der Waals surface area contributed by atoms with Gasteiger partial charge in [-0.05, 0) is 43.5 Å². The Morgan fingerprint density at radius 2 is 1.84 bits per heavy atom. The minimum Gasteiger partial charge on any atom is -0.381 e. The molecule has 7 heteroatoms. The SMILES string of the molecule is Cc1cccc(-n2cc(-c3cccc(F)c3F)c3c(NC4CCOCC4)ncnc32)c1. The first-order valence-electron chi connectivity index (χ1n) is 10.3. The van der Waals surface area contributed by atoms with E-state index in [2.05, 4.69) is 15.3 Å². The monoisotopic (exact) mass is 420 g/mol. The lowest BCUT2D eigenvalue weighted by atomic mass is 10.0. The molecule has 0 amide bonds. The van der Waals surface area contributed by atoms with Gasteiger partial charge in [0, 0.05) is 42.3 Å². The molecule has 0 unspecified atom stereocenters. The fourth-order valence-corrected chi connectivity index (χ4v) is 4.10. The quantitative estimate of drug-likeness (QED) is 0.489. The third-order valence-corrected chi connectivity index (χ3v) is 5.67. The molecule has 31 heavy (non-hydrogen) atoms. The Balaban J connectivity index is 1.74. The summed E-state index contributed by atoms with van der Waals surface area (Å²) >= 11 is 0. The van der Waals surface area contributed by atoms with E-state index in [0.717, 1.165) is 30.2 Å². The molecule has 2 aromatic heterocycles. The van der Waals surface area contributed by atoms with Gasteiger partial charge >= 0.3 is 0 Å². The van der Waals surface area contributed by atoms with Crippen molar-refractivity contribution in [2.45, 2.75) is 25.8 Å². The van der Waals surface area contributed by atoms with Gasteiger partial charge in [-0.3, -0.25) is 0 Å². The molecule has 5 rings (SSSR count). The highest BCUT2D eigenvalue weighted by Crippen LogP contribution is 2.37. The first kappa shape index (κ1) is 19.6. The summed E-state index contributed by atoms with van der Waals surface area (Å²) in [4.78, 5) is 8.98. The van der Waals surface area contributed by atoms with Crippen LogP contribution in [0.2, 0.25) is 0 Å². The molecule has 1 aliphatic heterocycles. The van der Waals surface area contributed by atoms with Crippen LogP contribution in [0.25, 0.3) is 27.8 Å². The van der Waals surface area contributed by atoms with Crippen molar-refractivity contribution >= 4 is 16.9 Å². The Bertz CT molecular complexity index is 1250. The van der Waals surface area contributed by atoms with Crippen LogP contribution in [0.5, 0.6) is 0 Å². The Morgan fingerprint density at radius 1 is 1.03 bits per heavy atom. The van der Waals surface area contributed by atoms with Crippen LogP contribution in [0.3, 0.4) is 0 Å². The summed E-state index contributed by atoms with van der Waals surface area (Å²) in [5, 5.41) is 4.15. The summed E-state index contributed by atoms with van der Waals surface area (Å²) in [5.74, 6) is -1.15. The average molecular weight is 420 g/mol. The van der Waals surface area contributed by atoms with E-state index in [1.807, 2.05) is 35.8 Å². The number of anilines is 1. The second-order valence-electron chi connectivity index (χ2n) is 7.81. The smallest absolute Gasteiger partial charge is 0.166 e. The second-order valence-corrected chi connectivity index (χ2v) is 7.81. The van der Waals surface area contributed by atoms with Crippen molar-refractivity contribution < 1.29 is 13.5 Å². The molecule has 1 N–H and O–H groups in total. The number of nitrogens with zero attached hydrogens (tertiary/aromatic N) is 3. The maximum Gasteiger partial charge on any atom is 0.166 e. The summed E-state index contributed by atoms with van der Waals surface area (Å²) < 4.78 is 36.3. The number of hydrogen-bond acceptors (Lipinski definition) is 4. The predicted molar refractivity (Wildman–Crippen MR) is 116 cm³/mol. The van der Waals surface area contributed by atoms with Crippen LogP contribution in [0.15, 0.2) is 55.0 Å². The van der Waals surface area contributed by atoms with Crippen molar-refractivity contribution in [1.82, 2.24) is 14.5 Å². The normalized spacial score (nSPS) is 14.8. The minimum atomic E-state index is -0.884. The molecular weight excluding hydrogens is 398 g/mol. The van der Waals surface area contributed by atoms with Crippen LogP contribution >= 0.6 is 0 Å². The van der Waals surface area contributed by atoms with Crippen LogP contribution in [-0.2, 0) is 4.74 Å². The van der Waals surface area contributed by atoms with E-state index < -0.39 is 11.6 Å². The largest absolute Gasteiger partial charge is 0.381 e. The fraction of sp³-hybridized carbons (Fsp3) is 0.250. The van der Waals surface area contributed by atoms with E-state index in [0.29, 0.717) is 35.6 Å². The average Bonchev–Trinajstić information content (AvgIpc) is 3.17. The van der Waals surface area contributed by atoms with Gasteiger partial charge in [0.25, 0.3) is 0 Å². The number of hydrogen-bond donors (Lipinski definition) is 1. The molecule has 0 radical (unpaired) electrons. The molecule has 0 spiro atoms. The maximum atomic E-state index is 14.8. The molecule has 1 fully saturated rings. The first-order chi connectivity index (χ1) is 15.1. The number of ether oxygens (including phenoxy) is 1. The van der Waals surface area contributed by atoms with E-state index in [-0.39, 0.29) is 11.6 Å². The van der Waals surface area contributed by atoms with Gasteiger partial charge in [0.05, 0.1) is 5.39 Å². The molecule has 5 nitrogen and oxygen atoms in total. The van der Waals surface area contributed by atoms with Crippen molar-refractivity contribution in [3.05, 3.63) is 72.2 Å². The van der Waals surface area contributed by atoms with Crippen LogP contribution in [-0.4, -0.2) is 33.8 Å². The number of aryl methyl sites for hydroxylation is 1. The first-order valence-corrected chi connectivity index (χ1v) is 10.3. The van der Waals surface area contributed by atoms with Crippen LogP contribution in [0.4, 0.5) is 14.6 Å². The van der Waals surface area contributed by atoms with E-state index in [9.17, 15) is 8.78 Å². The highest BCUT2D eigenvalue weighted by molar-refractivity contribution is 6.02. The lowest BCUT2D eigenvalue weighted by molar-refractivity contribution is 0.0904. The summed E-state index contributed by atoms with van der Waals surface area (Å²) in [6, 6.07) is 12.4. The lowest BCUT2D eigenvalue weighted by Crippen LogP contribution is -2.28. The number of halogens is 2. The third-order valence-electron chi connectivity index (χ3n) is 5.67. The zero-order chi connectivity index (χ0) is 21.4. The number of benzene rings is 2. The van der Waals surface area contributed by atoms with E-state index in [1.165, 1.54) is 12.4 Å². The predicted octanol–water partition coefficient (Wildman–Crippen LogP) is 5.27. The van der Waals surface area contributed by atoms with Crippen LogP contribution < -0.4 is 5.32 Å². The molecule has 1 aliphatic rings. The van der Waals surface area contributed by atoms with Gasteiger partial charge in [-0.2, -0.15) is 0 Å². The molecule has 158 valence electrons. The molecule has 1 saturated heterocycles. The van der Waals surface area contributed by atoms with Crippen LogP contribution in [0.1, 0.15) is 18.4 Å². The fourth-order valence-electron chi connectivity index (χ4n) is 4.10. The van der Waals surface area contributed by atoms with Gasteiger partial charge in [0.15, 0.2) is 17.3 Å². The summed E-state index contributed by atoms with van der Waals surface area (Å²) in [7, 11) is 0. The Labute approximate surface area is 178 Å². The van der Waals surface area contributed by atoms with Gasteiger partial charge in [0.1, 0.15) is 12.1 Å². The van der Waals surface area contributed by atoms with E-state index in [1.54, 1.807) is 12.3 Å². The van der Waals surface area contributed by atoms with E-state index >= 15 is 0 Å². The minimum absolute atomic E-state index is 0.182. The number of rotatable bonds is 4. The van der Waals surface area contributed by atoms with Crippen molar-refractivity contribution in [3.63, 3.8) is 0 Å². The molecule has 4 aromatic rings. The molecule has 3 heterocycles. The standard InChI is InChI=1S/C24H22F2N4O/c1-15-4-2-5-17(12-15)30-13-19(18-6-3-7-20(25)22(18)26)21-23(27-14-28-24(21)30)29-16-8-10-31-11-9-16/h2-7,12-14,16H,8-11H2,1H3,(H,27,28,29). The van der Waals surface area contributed by atoms with Crippen molar-refractivity contribution in [1.29, 1.82) is 0 Å². The summed E-state index contributed by atoms with van der Waals surface area (Å²) in [6.45, 7) is 3.37. The zero-order valence-electron chi connectivity index (χ0n) is 17.1. The van der Waals surface area contributed by atoms with Gasteiger partial charge in [0.2, 0.25) is 0 Å². The van der Waals surface area contributed by atoms with Gasteiger partial charge in [-0.15, -0.1) is 0 Å². The maximum absolute atomic E-state index is 14.8. The van der Waals surface area contributed by atoms with Gasteiger partial charge < -0.3 is 14.6 Å². The Morgan fingerprint density at radius 3 is 2.65 bits per heavy atom.